The second-order valence-electron chi connectivity index (χ2n) is 9.42. The molecule has 1 amide bonds. The van der Waals surface area contributed by atoms with Gasteiger partial charge in [0, 0.05) is 48.7 Å². The zero-order chi connectivity index (χ0) is 24.9. The lowest BCUT2D eigenvalue weighted by Crippen LogP contribution is -2.34. The minimum Gasteiger partial charge on any atom is -0.376 e. The molecule has 6 heteroatoms. The third-order valence-corrected chi connectivity index (χ3v) is 6.86. The standard InChI is InChI=1S/C30H31N3O3/c1-21-16-28(34)29(30(35)32-19-23-17-24-10-5-6-12-26(24)31-18-23)27(14-13-22-8-3-2-4-9-22)33(21)20-25-11-7-15-36-25/h2-6,8-10,12,16-18,25H,7,11,13-15,19-20H2,1H3,(H,32,35). The van der Waals surface area contributed by atoms with Crippen LogP contribution in [0, 0.1) is 6.92 Å². The minimum absolute atomic E-state index is 0.0984. The first-order chi connectivity index (χ1) is 17.6. The van der Waals surface area contributed by atoms with Crippen LogP contribution in [0.4, 0.5) is 0 Å². The molecule has 6 nitrogen and oxygen atoms in total. The highest BCUT2D eigenvalue weighted by Crippen LogP contribution is 2.20. The molecule has 184 valence electrons. The summed E-state index contributed by atoms with van der Waals surface area (Å²) in [7, 11) is 0. The minimum atomic E-state index is -0.350. The van der Waals surface area contributed by atoms with Crippen LogP contribution in [0.25, 0.3) is 10.9 Å². The van der Waals surface area contributed by atoms with Gasteiger partial charge in [0.1, 0.15) is 5.56 Å². The topological polar surface area (TPSA) is 73.2 Å². The van der Waals surface area contributed by atoms with Crippen molar-refractivity contribution in [2.24, 2.45) is 0 Å². The average molecular weight is 482 g/mol. The van der Waals surface area contributed by atoms with E-state index in [2.05, 4.69) is 27.0 Å². The zero-order valence-electron chi connectivity index (χ0n) is 20.6. The van der Waals surface area contributed by atoms with Gasteiger partial charge in [0.2, 0.25) is 0 Å². The molecule has 1 atom stereocenters. The molecule has 0 spiro atoms. The molecule has 0 bridgehead atoms. The Morgan fingerprint density at radius 3 is 2.67 bits per heavy atom. The van der Waals surface area contributed by atoms with Gasteiger partial charge >= 0.3 is 0 Å². The zero-order valence-corrected chi connectivity index (χ0v) is 20.6. The van der Waals surface area contributed by atoms with Crippen molar-refractivity contribution in [2.45, 2.75) is 51.8 Å². The van der Waals surface area contributed by atoms with Crippen molar-refractivity contribution in [1.82, 2.24) is 14.9 Å². The second kappa shape index (κ2) is 10.9. The molecule has 0 aliphatic carbocycles. The Kier molecular flexibility index (Phi) is 7.23. The van der Waals surface area contributed by atoms with Crippen molar-refractivity contribution in [3.8, 4) is 0 Å². The van der Waals surface area contributed by atoms with Crippen LogP contribution in [-0.2, 0) is 30.7 Å². The van der Waals surface area contributed by atoms with Gasteiger partial charge < -0.3 is 14.6 Å². The van der Waals surface area contributed by atoms with E-state index in [1.165, 1.54) is 5.56 Å². The highest BCUT2D eigenvalue weighted by atomic mass is 16.5. The molecule has 1 unspecified atom stereocenters. The van der Waals surface area contributed by atoms with Gasteiger partial charge in [0.25, 0.3) is 5.91 Å². The van der Waals surface area contributed by atoms with E-state index >= 15 is 0 Å². The largest absolute Gasteiger partial charge is 0.376 e. The Morgan fingerprint density at radius 2 is 1.86 bits per heavy atom. The predicted molar refractivity (Wildman–Crippen MR) is 141 cm³/mol. The number of aromatic nitrogens is 2. The lowest BCUT2D eigenvalue weighted by molar-refractivity contribution is 0.0925. The molecule has 2 aromatic carbocycles. The molecule has 1 N–H and O–H groups in total. The molecule has 4 aromatic rings. The third-order valence-electron chi connectivity index (χ3n) is 6.86. The smallest absolute Gasteiger partial charge is 0.257 e. The summed E-state index contributed by atoms with van der Waals surface area (Å²) in [6.45, 7) is 3.64. The number of pyridine rings is 2. The molecule has 1 aliphatic heterocycles. The predicted octanol–water partition coefficient (Wildman–Crippen LogP) is 4.60. The van der Waals surface area contributed by atoms with E-state index < -0.39 is 0 Å². The fourth-order valence-electron chi connectivity index (χ4n) is 4.97. The van der Waals surface area contributed by atoms with Gasteiger partial charge in [-0.15, -0.1) is 0 Å². The third kappa shape index (κ3) is 5.39. The molecule has 1 saturated heterocycles. The van der Waals surface area contributed by atoms with Crippen molar-refractivity contribution in [3.63, 3.8) is 0 Å². The molecule has 36 heavy (non-hydrogen) atoms. The van der Waals surface area contributed by atoms with E-state index in [9.17, 15) is 9.59 Å². The summed E-state index contributed by atoms with van der Waals surface area (Å²) < 4.78 is 8.01. The summed E-state index contributed by atoms with van der Waals surface area (Å²) in [5.41, 5.74) is 4.58. The summed E-state index contributed by atoms with van der Waals surface area (Å²) in [6.07, 6.45) is 5.22. The van der Waals surface area contributed by atoms with Gasteiger partial charge in [0.05, 0.1) is 11.6 Å². The maximum atomic E-state index is 13.5. The highest BCUT2D eigenvalue weighted by molar-refractivity contribution is 5.95. The summed E-state index contributed by atoms with van der Waals surface area (Å²) >= 11 is 0. The Morgan fingerprint density at radius 1 is 1.06 bits per heavy atom. The van der Waals surface area contributed by atoms with Crippen LogP contribution in [-0.4, -0.2) is 28.2 Å². The van der Waals surface area contributed by atoms with Crippen molar-refractivity contribution in [3.05, 3.63) is 111 Å². The maximum absolute atomic E-state index is 13.5. The molecule has 3 heterocycles. The summed E-state index contributed by atoms with van der Waals surface area (Å²) in [6, 6.07) is 21.6. The number of fused-ring (bicyclic) bond motifs is 1. The average Bonchev–Trinajstić information content (AvgIpc) is 3.41. The molecule has 0 saturated carbocycles. The van der Waals surface area contributed by atoms with Crippen LogP contribution in [0.2, 0.25) is 0 Å². The van der Waals surface area contributed by atoms with Crippen LogP contribution in [0.15, 0.2) is 77.7 Å². The quantitative estimate of drug-likeness (QED) is 0.399. The molecular formula is C30H31N3O3. The van der Waals surface area contributed by atoms with E-state index in [1.54, 1.807) is 12.3 Å². The number of aryl methyl sites for hydroxylation is 2. The number of hydrogen-bond acceptors (Lipinski definition) is 4. The van der Waals surface area contributed by atoms with Crippen molar-refractivity contribution < 1.29 is 9.53 Å². The van der Waals surface area contributed by atoms with Gasteiger partial charge in [-0.2, -0.15) is 0 Å². The van der Waals surface area contributed by atoms with Crippen molar-refractivity contribution in [2.75, 3.05) is 6.61 Å². The fourth-order valence-corrected chi connectivity index (χ4v) is 4.97. The van der Waals surface area contributed by atoms with Crippen LogP contribution in [0.3, 0.4) is 0 Å². The number of benzene rings is 2. The number of nitrogens with one attached hydrogen (secondary N) is 1. The monoisotopic (exact) mass is 481 g/mol. The first-order valence-electron chi connectivity index (χ1n) is 12.6. The summed E-state index contributed by atoms with van der Waals surface area (Å²) in [5, 5.41) is 3.99. The number of ether oxygens (including phenoxy) is 1. The SMILES string of the molecule is Cc1cc(=O)c(C(=O)NCc2cnc3ccccc3c2)c(CCc2ccccc2)n1CC1CCCO1. The van der Waals surface area contributed by atoms with Crippen LogP contribution in [0.1, 0.15) is 45.7 Å². The number of para-hydroxylation sites is 1. The summed E-state index contributed by atoms with van der Waals surface area (Å²) in [5.74, 6) is -0.350. The summed E-state index contributed by atoms with van der Waals surface area (Å²) in [4.78, 5) is 31.1. The van der Waals surface area contributed by atoms with Gasteiger partial charge in [-0.1, -0.05) is 48.5 Å². The number of nitrogens with zero attached hydrogens (tertiary/aromatic N) is 2. The Balaban J connectivity index is 1.44. The van der Waals surface area contributed by atoms with Gasteiger partial charge in [-0.25, -0.2) is 0 Å². The van der Waals surface area contributed by atoms with Gasteiger partial charge in [-0.3, -0.25) is 14.6 Å². The number of amides is 1. The normalized spacial score (nSPS) is 15.3. The van der Waals surface area contributed by atoms with Crippen LogP contribution >= 0.6 is 0 Å². The Hall–Kier alpha value is -3.77. The van der Waals surface area contributed by atoms with Gasteiger partial charge in [-0.05, 0) is 55.9 Å². The van der Waals surface area contributed by atoms with E-state index in [0.717, 1.165) is 53.7 Å². The van der Waals surface area contributed by atoms with Crippen molar-refractivity contribution >= 4 is 16.8 Å². The fraction of sp³-hybridized carbons (Fsp3) is 0.300. The molecule has 2 aromatic heterocycles. The molecular weight excluding hydrogens is 450 g/mol. The highest BCUT2D eigenvalue weighted by Gasteiger charge is 2.23. The second-order valence-corrected chi connectivity index (χ2v) is 9.42. The molecule has 5 rings (SSSR count). The number of carbonyl (C=O) groups excluding carboxylic acids is 1. The van der Waals surface area contributed by atoms with Crippen LogP contribution in [0.5, 0.6) is 0 Å². The first-order valence-corrected chi connectivity index (χ1v) is 12.6. The molecule has 0 radical (unpaired) electrons. The lowest BCUT2D eigenvalue weighted by atomic mass is 10.0. The van der Waals surface area contributed by atoms with E-state index in [-0.39, 0.29) is 23.0 Å². The lowest BCUT2D eigenvalue weighted by Gasteiger charge is -2.22. The first kappa shape index (κ1) is 23.9. The van der Waals surface area contributed by atoms with E-state index in [4.69, 9.17) is 4.74 Å². The molecule has 1 aliphatic rings. The van der Waals surface area contributed by atoms with Crippen LogP contribution < -0.4 is 10.7 Å². The van der Waals surface area contributed by atoms with Gasteiger partial charge in [0.15, 0.2) is 5.43 Å². The van der Waals surface area contributed by atoms with E-state index in [1.807, 2.05) is 55.5 Å². The Bertz CT molecular complexity index is 1420. The van der Waals surface area contributed by atoms with Crippen molar-refractivity contribution in [1.29, 1.82) is 0 Å². The number of hydrogen-bond donors (Lipinski definition) is 1. The number of carbonyl (C=O) groups is 1. The molecule has 1 fully saturated rings. The number of rotatable bonds is 8. The van der Waals surface area contributed by atoms with E-state index in [0.29, 0.717) is 19.5 Å². The maximum Gasteiger partial charge on any atom is 0.257 e. The Labute approximate surface area is 211 Å².